The molecule has 2 atom stereocenters. The summed E-state index contributed by atoms with van der Waals surface area (Å²) in [5, 5.41) is 2.97. The number of ketones is 1. The minimum absolute atomic E-state index is 0.110. The molecule has 27 heavy (non-hydrogen) atoms. The van der Waals surface area contributed by atoms with Crippen LogP contribution >= 0.6 is 0 Å². The largest absolute Gasteiger partial charge is 0.348 e. The summed E-state index contributed by atoms with van der Waals surface area (Å²) in [5.41, 5.74) is 9.61. The Kier molecular flexibility index (Phi) is 7.31. The van der Waals surface area contributed by atoms with Crippen molar-refractivity contribution in [3.8, 4) is 0 Å². The van der Waals surface area contributed by atoms with Crippen molar-refractivity contribution in [3.63, 3.8) is 0 Å². The van der Waals surface area contributed by atoms with E-state index in [-0.39, 0.29) is 23.7 Å². The number of Topliss-reactive ketones (excluding diaryl/α,β-unsaturated/α-hetero) is 1. The molecule has 0 saturated carbocycles. The summed E-state index contributed by atoms with van der Waals surface area (Å²) in [6, 6.07) is 14.9. The molecule has 4 heteroatoms. The van der Waals surface area contributed by atoms with Gasteiger partial charge < -0.3 is 11.1 Å². The molecule has 0 heterocycles. The average Bonchev–Trinajstić information content (AvgIpc) is 2.64. The van der Waals surface area contributed by atoms with Crippen LogP contribution in [0.3, 0.4) is 0 Å². The van der Waals surface area contributed by atoms with Gasteiger partial charge in [0.05, 0.1) is 12.1 Å². The summed E-state index contributed by atoms with van der Waals surface area (Å²) in [6.45, 7) is 7.84. The highest BCUT2D eigenvalue weighted by Crippen LogP contribution is 2.25. The van der Waals surface area contributed by atoms with Crippen LogP contribution < -0.4 is 11.1 Å². The maximum absolute atomic E-state index is 12.9. The Bertz CT molecular complexity index is 782. The van der Waals surface area contributed by atoms with E-state index in [0.717, 1.165) is 22.3 Å². The fourth-order valence-electron chi connectivity index (χ4n) is 3.14. The Hall–Kier alpha value is -2.46. The first kappa shape index (κ1) is 20.8. The molecule has 1 amide bonds. The molecule has 0 aromatic heterocycles. The lowest BCUT2D eigenvalue weighted by molar-refractivity contribution is -0.122. The van der Waals surface area contributed by atoms with Crippen molar-refractivity contribution >= 4 is 11.7 Å². The second-order valence-electron chi connectivity index (χ2n) is 7.47. The highest BCUT2D eigenvalue weighted by Gasteiger charge is 2.20. The van der Waals surface area contributed by atoms with Gasteiger partial charge in [0.2, 0.25) is 5.91 Å². The Labute approximate surface area is 162 Å². The number of benzene rings is 2. The zero-order valence-corrected chi connectivity index (χ0v) is 16.7. The maximum atomic E-state index is 12.9. The number of carbonyl (C=O) groups excluding carboxylic acids is 2. The normalized spacial score (nSPS) is 13.3. The van der Waals surface area contributed by atoms with Crippen LogP contribution in [0.4, 0.5) is 0 Å². The zero-order chi connectivity index (χ0) is 20.0. The molecule has 0 bridgehead atoms. The summed E-state index contributed by atoms with van der Waals surface area (Å²) < 4.78 is 0. The van der Waals surface area contributed by atoms with Crippen molar-refractivity contribution in [2.24, 2.45) is 5.73 Å². The molecular formula is C23H30N2O2. The van der Waals surface area contributed by atoms with Crippen LogP contribution in [0.5, 0.6) is 0 Å². The van der Waals surface area contributed by atoms with Crippen molar-refractivity contribution in [3.05, 3.63) is 70.8 Å². The summed E-state index contributed by atoms with van der Waals surface area (Å²) in [6.07, 6.45) is 0.898. The lowest BCUT2D eigenvalue weighted by Crippen LogP contribution is -2.40. The van der Waals surface area contributed by atoms with E-state index in [1.165, 1.54) is 0 Å². The first-order valence-corrected chi connectivity index (χ1v) is 9.54. The van der Waals surface area contributed by atoms with E-state index >= 15 is 0 Å². The average molecular weight is 367 g/mol. The lowest BCUT2D eigenvalue weighted by Gasteiger charge is -2.21. The van der Waals surface area contributed by atoms with Crippen LogP contribution in [0.15, 0.2) is 48.5 Å². The molecule has 4 nitrogen and oxygen atoms in total. The number of hydrogen-bond acceptors (Lipinski definition) is 3. The zero-order valence-electron chi connectivity index (χ0n) is 16.7. The molecule has 0 saturated heterocycles. The van der Waals surface area contributed by atoms with Crippen LogP contribution in [0.1, 0.15) is 72.6 Å². The summed E-state index contributed by atoms with van der Waals surface area (Å²) >= 11 is 0. The van der Waals surface area contributed by atoms with Gasteiger partial charge in [-0.2, -0.15) is 0 Å². The van der Waals surface area contributed by atoms with Gasteiger partial charge in [-0.25, -0.2) is 0 Å². The van der Waals surface area contributed by atoms with E-state index in [9.17, 15) is 9.59 Å². The predicted molar refractivity (Wildman–Crippen MR) is 110 cm³/mol. The molecule has 0 fully saturated rings. The molecule has 0 aliphatic rings. The van der Waals surface area contributed by atoms with E-state index in [1.54, 1.807) is 6.92 Å². The molecule has 0 aliphatic heterocycles. The summed E-state index contributed by atoms with van der Waals surface area (Å²) in [5.74, 6) is 0.181. The van der Waals surface area contributed by atoms with Gasteiger partial charge in [0.15, 0.2) is 5.78 Å². The lowest BCUT2D eigenvalue weighted by atomic mass is 9.90. The molecule has 0 unspecified atom stereocenters. The smallest absolute Gasteiger partial charge is 0.237 e. The summed E-state index contributed by atoms with van der Waals surface area (Å²) in [7, 11) is 0. The quantitative estimate of drug-likeness (QED) is 0.685. The number of rotatable bonds is 8. The van der Waals surface area contributed by atoms with Crippen LogP contribution in [0.25, 0.3) is 0 Å². The first-order valence-electron chi connectivity index (χ1n) is 9.54. The number of carbonyl (C=O) groups is 2. The molecule has 0 aliphatic carbocycles. The molecule has 0 spiro atoms. The number of amides is 1. The third-order valence-electron chi connectivity index (χ3n) is 4.72. The van der Waals surface area contributed by atoms with Crippen molar-refractivity contribution in [2.45, 2.75) is 58.5 Å². The molecule has 2 aromatic rings. The van der Waals surface area contributed by atoms with Crippen molar-refractivity contribution in [2.75, 3.05) is 0 Å². The van der Waals surface area contributed by atoms with E-state index in [2.05, 4.69) is 19.2 Å². The molecule has 2 aromatic carbocycles. The molecule has 2 rings (SSSR count). The van der Waals surface area contributed by atoms with E-state index in [1.807, 2.05) is 55.5 Å². The van der Waals surface area contributed by atoms with E-state index in [0.29, 0.717) is 12.8 Å². The second kappa shape index (κ2) is 9.47. The Morgan fingerprint density at radius 1 is 1.04 bits per heavy atom. The van der Waals surface area contributed by atoms with Crippen molar-refractivity contribution in [1.29, 1.82) is 0 Å². The summed E-state index contributed by atoms with van der Waals surface area (Å²) in [4.78, 5) is 25.0. The fourth-order valence-corrected chi connectivity index (χ4v) is 3.14. The van der Waals surface area contributed by atoms with Crippen LogP contribution in [-0.4, -0.2) is 17.7 Å². The third kappa shape index (κ3) is 5.76. The number of hydrogen-bond donors (Lipinski definition) is 2. The SMILES string of the molecule is Cc1ccc(C(C)C)c(C(=O)CC[C@@H](NC(=O)[C@H](C)N)c2ccccc2)c1. The Morgan fingerprint density at radius 2 is 1.70 bits per heavy atom. The van der Waals surface area contributed by atoms with Gasteiger partial charge in [-0.1, -0.05) is 61.9 Å². The molecule has 0 radical (unpaired) electrons. The van der Waals surface area contributed by atoms with Gasteiger partial charge in [0.25, 0.3) is 0 Å². The highest BCUT2D eigenvalue weighted by molar-refractivity contribution is 5.98. The van der Waals surface area contributed by atoms with Gasteiger partial charge in [-0.3, -0.25) is 9.59 Å². The van der Waals surface area contributed by atoms with Crippen LogP contribution in [0, 0.1) is 6.92 Å². The monoisotopic (exact) mass is 366 g/mol. The van der Waals surface area contributed by atoms with Gasteiger partial charge in [0, 0.05) is 12.0 Å². The van der Waals surface area contributed by atoms with Gasteiger partial charge in [-0.15, -0.1) is 0 Å². The first-order chi connectivity index (χ1) is 12.8. The molecular weight excluding hydrogens is 336 g/mol. The molecule has 3 N–H and O–H groups in total. The topological polar surface area (TPSA) is 72.2 Å². The molecule has 144 valence electrons. The van der Waals surface area contributed by atoms with Gasteiger partial charge in [-0.05, 0) is 43.4 Å². The van der Waals surface area contributed by atoms with Crippen LogP contribution in [-0.2, 0) is 4.79 Å². The standard InChI is InChI=1S/C23H30N2O2/c1-15(2)19-11-10-16(3)14-20(19)22(26)13-12-21(25-23(27)17(4)24)18-8-6-5-7-9-18/h5-11,14-15,17,21H,12-13,24H2,1-4H3,(H,25,27)/t17-,21+/m0/s1. The number of nitrogens with one attached hydrogen (secondary N) is 1. The number of aryl methyl sites for hydroxylation is 1. The second-order valence-corrected chi connectivity index (χ2v) is 7.47. The third-order valence-corrected chi connectivity index (χ3v) is 4.72. The van der Waals surface area contributed by atoms with Gasteiger partial charge >= 0.3 is 0 Å². The maximum Gasteiger partial charge on any atom is 0.237 e. The van der Waals surface area contributed by atoms with E-state index in [4.69, 9.17) is 5.73 Å². The Balaban J connectivity index is 2.18. The minimum Gasteiger partial charge on any atom is -0.348 e. The highest BCUT2D eigenvalue weighted by atomic mass is 16.2. The Morgan fingerprint density at radius 3 is 2.30 bits per heavy atom. The van der Waals surface area contributed by atoms with E-state index < -0.39 is 6.04 Å². The predicted octanol–water partition coefficient (Wildman–Crippen LogP) is 4.29. The van der Waals surface area contributed by atoms with Gasteiger partial charge in [0.1, 0.15) is 0 Å². The number of nitrogens with two attached hydrogens (primary N) is 1. The fraction of sp³-hybridized carbons (Fsp3) is 0.391. The minimum atomic E-state index is -0.587. The van der Waals surface area contributed by atoms with Crippen LogP contribution in [0.2, 0.25) is 0 Å². The van der Waals surface area contributed by atoms with Crippen molar-refractivity contribution in [1.82, 2.24) is 5.32 Å². The van der Waals surface area contributed by atoms with Crippen molar-refractivity contribution < 1.29 is 9.59 Å².